The number of aromatic nitrogens is 2. The molecule has 2 aromatic rings. The van der Waals surface area contributed by atoms with E-state index in [9.17, 15) is 9.59 Å². The SMILES string of the molecule is Cc1cccc(Cl)c1NCc1cn(C)c(=O)n(C)c1=O. The van der Waals surface area contributed by atoms with E-state index in [1.54, 1.807) is 19.3 Å². The summed E-state index contributed by atoms with van der Waals surface area (Å²) < 4.78 is 2.48. The molecule has 1 N–H and O–H groups in total. The third kappa shape index (κ3) is 2.63. The monoisotopic (exact) mass is 293 g/mol. The molecule has 1 aromatic carbocycles. The molecule has 20 heavy (non-hydrogen) atoms. The van der Waals surface area contributed by atoms with Gasteiger partial charge in [0.15, 0.2) is 0 Å². The molecule has 0 spiro atoms. The van der Waals surface area contributed by atoms with Gasteiger partial charge < -0.3 is 9.88 Å². The van der Waals surface area contributed by atoms with Crippen molar-refractivity contribution in [1.29, 1.82) is 0 Å². The molecule has 0 atom stereocenters. The predicted molar refractivity (Wildman–Crippen MR) is 80.4 cm³/mol. The average molecular weight is 294 g/mol. The van der Waals surface area contributed by atoms with E-state index in [0.717, 1.165) is 15.8 Å². The molecule has 0 unspecified atom stereocenters. The van der Waals surface area contributed by atoms with E-state index >= 15 is 0 Å². The van der Waals surface area contributed by atoms with Crippen molar-refractivity contribution in [2.45, 2.75) is 13.5 Å². The first-order valence-corrected chi connectivity index (χ1v) is 6.54. The molecule has 1 heterocycles. The predicted octanol–water partition coefficient (Wildman–Crippen LogP) is 1.66. The average Bonchev–Trinajstić information content (AvgIpc) is 2.41. The molecule has 1 aromatic heterocycles. The summed E-state index contributed by atoms with van der Waals surface area (Å²) in [4.78, 5) is 23.6. The van der Waals surface area contributed by atoms with Gasteiger partial charge in [-0.3, -0.25) is 9.36 Å². The molecule has 0 amide bonds. The highest BCUT2D eigenvalue weighted by Gasteiger charge is 2.08. The number of para-hydroxylation sites is 1. The van der Waals surface area contributed by atoms with E-state index in [1.165, 1.54) is 11.6 Å². The van der Waals surface area contributed by atoms with E-state index in [-0.39, 0.29) is 11.2 Å². The van der Waals surface area contributed by atoms with Crippen molar-refractivity contribution in [3.63, 3.8) is 0 Å². The zero-order chi connectivity index (χ0) is 14.9. The first-order chi connectivity index (χ1) is 9.41. The smallest absolute Gasteiger partial charge is 0.330 e. The van der Waals surface area contributed by atoms with Crippen LogP contribution < -0.4 is 16.6 Å². The van der Waals surface area contributed by atoms with Gasteiger partial charge in [-0.2, -0.15) is 0 Å². The summed E-state index contributed by atoms with van der Waals surface area (Å²) in [7, 11) is 3.08. The van der Waals surface area contributed by atoms with Gasteiger partial charge in [-0.25, -0.2) is 4.79 Å². The van der Waals surface area contributed by atoms with Gasteiger partial charge in [-0.15, -0.1) is 0 Å². The zero-order valence-corrected chi connectivity index (χ0v) is 12.4. The maximum absolute atomic E-state index is 12.0. The largest absolute Gasteiger partial charge is 0.379 e. The van der Waals surface area contributed by atoms with E-state index < -0.39 is 0 Å². The number of halogens is 1. The molecule has 0 aliphatic rings. The van der Waals surface area contributed by atoms with E-state index in [2.05, 4.69) is 5.32 Å². The van der Waals surface area contributed by atoms with Gasteiger partial charge >= 0.3 is 5.69 Å². The Morgan fingerprint density at radius 1 is 1.25 bits per heavy atom. The second-order valence-electron chi connectivity index (χ2n) is 4.70. The van der Waals surface area contributed by atoms with Crippen molar-refractivity contribution < 1.29 is 0 Å². The Balaban J connectivity index is 2.33. The molecule has 106 valence electrons. The number of nitrogens with zero attached hydrogens (tertiary/aromatic N) is 2. The first kappa shape index (κ1) is 14.4. The summed E-state index contributed by atoms with van der Waals surface area (Å²) >= 11 is 6.12. The number of hydrogen-bond acceptors (Lipinski definition) is 3. The lowest BCUT2D eigenvalue weighted by Crippen LogP contribution is -2.38. The van der Waals surface area contributed by atoms with Crippen LogP contribution in [0.4, 0.5) is 5.69 Å². The van der Waals surface area contributed by atoms with Gasteiger partial charge in [-0.1, -0.05) is 23.7 Å². The van der Waals surface area contributed by atoms with E-state index in [1.807, 2.05) is 19.1 Å². The Kier molecular flexibility index (Phi) is 3.99. The lowest BCUT2D eigenvalue weighted by atomic mass is 10.2. The van der Waals surface area contributed by atoms with Crippen LogP contribution in [0.3, 0.4) is 0 Å². The standard InChI is InChI=1S/C14H16ClN3O2/c1-9-5-4-6-11(15)12(9)16-7-10-8-17(2)14(20)18(3)13(10)19/h4-6,8,16H,7H2,1-3H3. The van der Waals surface area contributed by atoms with Crippen LogP contribution in [0.15, 0.2) is 34.0 Å². The summed E-state index contributed by atoms with van der Waals surface area (Å²) in [5.41, 5.74) is 1.66. The molecule has 6 heteroatoms. The lowest BCUT2D eigenvalue weighted by Gasteiger charge is -2.12. The number of benzene rings is 1. The van der Waals surface area contributed by atoms with E-state index in [0.29, 0.717) is 17.1 Å². The van der Waals surface area contributed by atoms with Gasteiger partial charge in [0.2, 0.25) is 0 Å². The fourth-order valence-corrected chi connectivity index (χ4v) is 2.33. The molecule has 0 bridgehead atoms. The van der Waals surface area contributed by atoms with Crippen LogP contribution in [0.25, 0.3) is 0 Å². The molecular weight excluding hydrogens is 278 g/mol. The van der Waals surface area contributed by atoms with Crippen LogP contribution in [-0.2, 0) is 20.6 Å². The molecule has 0 aliphatic carbocycles. The maximum atomic E-state index is 12.0. The summed E-state index contributed by atoms with van der Waals surface area (Å²) in [6.45, 7) is 2.25. The van der Waals surface area contributed by atoms with Gasteiger partial charge in [0.1, 0.15) is 0 Å². The van der Waals surface area contributed by atoms with Crippen LogP contribution in [-0.4, -0.2) is 9.13 Å². The number of aryl methyl sites for hydroxylation is 2. The third-order valence-electron chi connectivity index (χ3n) is 3.20. The second kappa shape index (κ2) is 5.54. The molecule has 0 fully saturated rings. The highest BCUT2D eigenvalue weighted by Crippen LogP contribution is 2.25. The van der Waals surface area contributed by atoms with Crippen LogP contribution in [0, 0.1) is 6.92 Å². The maximum Gasteiger partial charge on any atom is 0.330 e. The quantitative estimate of drug-likeness (QED) is 0.936. The van der Waals surface area contributed by atoms with Gasteiger partial charge in [-0.05, 0) is 18.6 Å². The topological polar surface area (TPSA) is 56.0 Å². The zero-order valence-electron chi connectivity index (χ0n) is 11.6. The lowest BCUT2D eigenvalue weighted by molar-refractivity contribution is 0.671. The third-order valence-corrected chi connectivity index (χ3v) is 3.51. The summed E-state index contributed by atoms with van der Waals surface area (Å²) in [6, 6.07) is 5.59. The minimum Gasteiger partial charge on any atom is -0.379 e. The van der Waals surface area contributed by atoms with Crippen LogP contribution in [0.5, 0.6) is 0 Å². The van der Waals surface area contributed by atoms with Crippen LogP contribution in [0.1, 0.15) is 11.1 Å². The Morgan fingerprint density at radius 3 is 2.60 bits per heavy atom. The molecular formula is C14H16ClN3O2. The highest BCUT2D eigenvalue weighted by atomic mass is 35.5. The summed E-state index contributed by atoms with van der Waals surface area (Å²) in [5, 5.41) is 3.75. The fraction of sp³-hybridized carbons (Fsp3) is 0.286. The van der Waals surface area contributed by atoms with Crippen molar-refractivity contribution in [2.75, 3.05) is 5.32 Å². The molecule has 0 saturated heterocycles. The highest BCUT2D eigenvalue weighted by molar-refractivity contribution is 6.33. The Hall–Kier alpha value is -2.01. The Morgan fingerprint density at radius 2 is 1.95 bits per heavy atom. The molecule has 2 rings (SSSR count). The van der Waals surface area contributed by atoms with Crippen molar-refractivity contribution >= 4 is 17.3 Å². The van der Waals surface area contributed by atoms with Gasteiger partial charge in [0.05, 0.1) is 16.3 Å². The second-order valence-corrected chi connectivity index (χ2v) is 5.10. The van der Waals surface area contributed by atoms with Crippen molar-refractivity contribution in [2.24, 2.45) is 14.1 Å². The van der Waals surface area contributed by atoms with E-state index in [4.69, 9.17) is 11.6 Å². The van der Waals surface area contributed by atoms with Crippen molar-refractivity contribution in [3.8, 4) is 0 Å². The fourth-order valence-electron chi connectivity index (χ4n) is 2.04. The minimum atomic E-state index is -0.340. The molecule has 5 nitrogen and oxygen atoms in total. The van der Waals surface area contributed by atoms with Crippen LogP contribution >= 0.6 is 11.6 Å². The number of anilines is 1. The minimum absolute atomic E-state index is 0.301. The summed E-state index contributed by atoms with van der Waals surface area (Å²) in [6.07, 6.45) is 1.55. The number of nitrogens with one attached hydrogen (secondary N) is 1. The first-order valence-electron chi connectivity index (χ1n) is 6.16. The van der Waals surface area contributed by atoms with Gasteiger partial charge in [0, 0.05) is 26.8 Å². The molecule has 0 radical (unpaired) electrons. The molecule has 0 aliphatic heterocycles. The van der Waals surface area contributed by atoms with Crippen molar-refractivity contribution in [3.05, 3.63) is 61.4 Å². The van der Waals surface area contributed by atoms with Gasteiger partial charge in [0.25, 0.3) is 5.56 Å². The Labute approximate surface area is 121 Å². The number of rotatable bonds is 3. The van der Waals surface area contributed by atoms with Crippen molar-refractivity contribution in [1.82, 2.24) is 9.13 Å². The summed E-state index contributed by atoms with van der Waals surface area (Å²) in [5.74, 6) is 0. The normalized spacial score (nSPS) is 10.6. The number of hydrogen-bond donors (Lipinski definition) is 1. The Bertz CT molecular complexity index is 742. The van der Waals surface area contributed by atoms with Crippen LogP contribution in [0.2, 0.25) is 5.02 Å². The molecule has 0 saturated carbocycles.